The van der Waals surface area contributed by atoms with Gasteiger partial charge in [0.15, 0.2) is 6.10 Å². The molecule has 10 heteroatoms. The van der Waals surface area contributed by atoms with Gasteiger partial charge in [0.05, 0.1) is 11.7 Å². The van der Waals surface area contributed by atoms with Gasteiger partial charge in [-0.05, 0) is 23.3 Å². The number of rotatable bonds is 8. The van der Waals surface area contributed by atoms with E-state index in [0.29, 0.717) is 11.1 Å². The molecule has 2 heterocycles. The van der Waals surface area contributed by atoms with Gasteiger partial charge in [-0.1, -0.05) is 78.9 Å². The Kier molecular flexibility index (Phi) is 7.67. The van der Waals surface area contributed by atoms with Crippen LogP contribution in [0.2, 0.25) is 0 Å². The summed E-state index contributed by atoms with van der Waals surface area (Å²) in [4.78, 5) is 58.6. The summed E-state index contributed by atoms with van der Waals surface area (Å²) in [6.07, 6.45) is -1.03. The molecule has 39 heavy (non-hydrogen) atoms. The first-order chi connectivity index (χ1) is 18.9. The summed E-state index contributed by atoms with van der Waals surface area (Å²) in [5.74, 6) is -2.80. The van der Waals surface area contributed by atoms with E-state index in [1.165, 1.54) is 18.7 Å². The van der Waals surface area contributed by atoms with Crippen LogP contribution < -0.4 is 5.32 Å². The molecule has 2 saturated heterocycles. The molecule has 5 rings (SSSR count). The number of hydrogen-bond donors (Lipinski definition) is 1. The molecule has 9 nitrogen and oxygen atoms in total. The van der Waals surface area contributed by atoms with Gasteiger partial charge in [0.25, 0.3) is 5.91 Å². The fourth-order valence-electron chi connectivity index (χ4n) is 4.59. The van der Waals surface area contributed by atoms with Crippen LogP contribution in [0.1, 0.15) is 30.6 Å². The number of amides is 2. The Balaban J connectivity index is 1.56. The monoisotopic (exact) mass is 546 g/mol. The second kappa shape index (κ2) is 11.3. The number of ether oxygens (including phenoxy) is 2. The summed E-state index contributed by atoms with van der Waals surface area (Å²) in [5.41, 5.74) is -0.855. The molecule has 0 aliphatic carbocycles. The van der Waals surface area contributed by atoms with Crippen molar-refractivity contribution in [2.24, 2.45) is 0 Å². The van der Waals surface area contributed by atoms with Crippen LogP contribution in [-0.2, 0) is 33.5 Å². The molecule has 200 valence electrons. The van der Waals surface area contributed by atoms with E-state index in [1.807, 2.05) is 91.0 Å². The van der Waals surface area contributed by atoms with Gasteiger partial charge in [-0.2, -0.15) is 5.06 Å². The maximum atomic E-state index is 14.3. The highest BCUT2D eigenvalue weighted by Gasteiger charge is 2.66. The van der Waals surface area contributed by atoms with Crippen LogP contribution in [0, 0.1) is 0 Å². The quantitative estimate of drug-likeness (QED) is 0.428. The number of hydroxylamine groups is 2. The molecule has 2 aliphatic rings. The number of hydrogen-bond acceptors (Lipinski definition) is 8. The van der Waals surface area contributed by atoms with Crippen LogP contribution in [0.25, 0.3) is 0 Å². The molecular weight excluding hydrogens is 520 g/mol. The zero-order valence-corrected chi connectivity index (χ0v) is 21.8. The third-order valence-corrected chi connectivity index (χ3v) is 7.66. The molecule has 3 unspecified atom stereocenters. The molecule has 0 spiro atoms. The van der Waals surface area contributed by atoms with Crippen LogP contribution in [0.5, 0.6) is 0 Å². The predicted molar refractivity (Wildman–Crippen MR) is 141 cm³/mol. The zero-order valence-electron chi connectivity index (χ0n) is 21.0. The average Bonchev–Trinajstić information content (AvgIpc) is 3.47. The molecule has 3 aromatic carbocycles. The number of thioether (sulfide) groups is 1. The summed E-state index contributed by atoms with van der Waals surface area (Å²) >= 11 is 1.21. The smallest absolute Gasteiger partial charge is 0.377 e. The number of nitrogens with zero attached hydrogens (tertiary/aromatic N) is 1. The van der Waals surface area contributed by atoms with Gasteiger partial charge in [-0.3, -0.25) is 19.2 Å². The predicted octanol–water partition coefficient (Wildman–Crippen LogP) is 3.40. The number of benzene rings is 3. The molecule has 2 aliphatic heterocycles. The van der Waals surface area contributed by atoms with Gasteiger partial charge >= 0.3 is 17.7 Å². The lowest BCUT2D eigenvalue weighted by Gasteiger charge is -2.37. The first kappa shape index (κ1) is 26.5. The van der Waals surface area contributed by atoms with E-state index in [2.05, 4.69) is 5.32 Å². The van der Waals surface area contributed by atoms with E-state index in [4.69, 9.17) is 14.3 Å². The van der Waals surface area contributed by atoms with Crippen molar-refractivity contribution in [2.45, 2.75) is 41.4 Å². The molecular formula is C29H26N2O7S. The summed E-state index contributed by atoms with van der Waals surface area (Å²) in [6, 6.07) is 26.4. The van der Waals surface area contributed by atoms with Crippen LogP contribution in [0.15, 0.2) is 95.9 Å². The van der Waals surface area contributed by atoms with Crippen LogP contribution in [0.4, 0.5) is 0 Å². The molecule has 0 aromatic heterocycles. The van der Waals surface area contributed by atoms with E-state index in [0.717, 1.165) is 9.96 Å². The van der Waals surface area contributed by atoms with Crippen LogP contribution in [-0.4, -0.2) is 52.4 Å². The van der Waals surface area contributed by atoms with Gasteiger partial charge in [0.2, 0.25) is 5.91 Å². The number of carbonyl (C=O) groups is 4. The summed E-state index contributed by atoms with van der Waals surface area (Å²) in [6.45, 7) is 1.04. The minimum absolute atomic E-state index is 0.173. The van der Waals surface area contributed by atoms with Crippen molar-refractivity contribution >= 4 is 35.5 Å². The Hall–Kier alpha value is -4.15. The SMILES string of the molecule is CC(=O)NC1CON(C2(C(=O)OC(c3ccccc3)c3ccccc3)OC(=O)CC2Sc2ccccc2)C1=O. The van der Waals surface area contributed by atoms with Gasteiger partial charge in [0, 0.05) is 11.8 Å². The van der Waals surface area contributed by atoms with Crippen molar-refractivity contribution in [3.63, 3.8) is 0 Å². The number of carbonyl (C=O) groups excluding carboxylic acids is 4. The summed E-state index contributed by atoms with van der Waals surface area (Å²) < 4.78 is 11.8. The van der Waals surface area contributed by atoms with Crippen molar-refractivity contribution in [3.05, 3.63) is 102 Å². The molecule has 1 N–H and O–H groups in total. The molecule has 3 aromatic rings. The lowest BCUT2D eigenvalue weighted by Crippen LogP contribution is -2.62. The maximum Gasteiger partial charge on any atom is 0.377 e. The Morgan fingerprint density at radius 1 is 0.949 bits per heavy atom. The van der Waals surface area contributed by atoms with Crippen molar-refractivity contribution < 1.29 is 33.5 Å². The Labute approximate surface area is 229 Å². The van der Waals surface area contributed by atoms with Crippen molar-refractivity contribution in [1.82, 2.24) is 10.4 Å². The summed E-state index contributed by atoms with van der Waals surface area (Å²) in [5, 5.41) is 2.39. The third kappa shape index (κ3) is 5.39. The highest BCUT2D eigenvalue weighted by molar-refractivity contribution is 8.00. The average molecular weight is 547 g/mol. The fourth-order valence-corrected chi connectivity index (χ4v) is 5.86. The minimum atomic E-state index is -2.23. The van der Waals surface area contributed by atoms with Gasteiger partial charge in [-0.15, -0.1) is 11.8 Å². The molecule has 2 amide bonds. The van der Waals surface area contributed by atoms with E-state index in [9.17, 15) is 19.2 Å². The van der Waals surface area contributed by atoms with E-state index in [-0.39, 0.29) is 13.0 Å². The van der Waals surface area contributed by atoms with E-state index >= 15 is 0 Å². The van der Waals surface area contributed by atoms with Crippen molar-refractivity contribution in [3.8, 4) is 0 Å². The second-order valence-corrected chi connectivity index (χ2v) is 10.4. The Morgan fingerprint density at radius 2 is 1.51 bits per heavy atom. The van der Waals surface area contributed by atoms with Crippen molar-refractivity contribution in [2.75, 3.05) is 6.61 Å². The number of nitrogens with one attached hydrogen (secondary N) is 1. The highest BCUT2D eigenvalue weighted by atomic mass is 32.2. The van der Waals surface area contributed by atoms with Crippen molar-refractivity contribution in [1.29, 1.82) is 0 Å². The Bertz CT molecular complexity index is 1320. The zero-order chi connectivity index (χ0) is 27.4. The van der Waals surface area contributed by atoms with Gasteiger partial charge < -0.3 is 14.8 Å². The minimum Gasteiger partial charge on any atom is -0.448 e. The summed E-state index contributed by atoms with van der Waals surface area (Å²) in [7, 11) is 0. The largest absolute Gasteiger partial charge is 0.448 e. The number of esters is 2. The van der Waals surface area contributed by atoms with E-state index < -0.39 is 46.9 Å². The molecule has 3 atom stereocenters. The molecule has 0 radical (unpaired) electrons. The van der Waals surface area contributed by atoms with Crippen LogP contribution >= 0.6 is 11.8 Å². The fraction of sp³-hybridized carbons (Fsp3) is 0.241. The van der Waals surface area contributed by atoms with Gasteiger partial charge in [0.1, 0.15) is 12.6 Å². The lowest BCUT2D eigenvalue weighted by atomic mass is 10.0. The molecule has 2 fully saturated rings. The normalized spacial score (nSPS) is 22.6. The number of cyclic esters (lactones) is 1. The first-order valence-electron chi connectivity index (χ1n) is 12.4. The second-order valence-electron chi connectivity index (χ2n) is 9.08. The maximum absolute atomic E-state index is 14.3. The lowest BCUT2D eigenvalue weighted by molar-refractivity contribution is -0.259. The standard InChI is InChI=1S/C29H26N2O7S/c1-19(32)30-23-18-36-31(27(23)34)29(24(17-25(33)38-29)39-22-15-9-4-10-16-22)28(35)37-26(20-11-5-2-6-12-20)21-13-7-3-8-14-21/h2-16,23-24,26H,17-18H2,1H3,(H,30,32). The molecule has 0 bridgehead atoms. The molecule has 0 saturated carbocycles. The van der Waals surface area contributed by atoms with E-state index in [1.54, 1.807) is 0 Å². The first-order valence-corrected chi connectivity index (χ1v) is 13.2. The highest BCUT2D eigenvalue weighted by Crippen LogP contribution is 2.45. The van der Waals surface area contributed by atoms with Gasteiger partial charge in [-0.25, -0.2) is 4.79 Å². The third-order valence-electron chi connectivity index (χ3n) is 6.35. The topological polar surface area (TPSA) is 111 Å². The van der Waals surface area contributed by atoms with Crippen LogP contribution in [0.3, 0.4) is 0 Å². The Morgan fingerprint density at radius 3 is 2.08 bits per heavy atom.